The van der Waals surface area contributed by atoms with E-state index in [2.05, 4.69) is 5.32 Å². The van der Waals surface area contributed by atoms with E-state index in [1.54, 1.807) is 17.4 Å². The number of halogens is 3. The van der Waals surface area contributed by atoms with E-state index in [1.807, 2.05) is 19.1 Å². The second kappa shape index (κ2) is 7.83. The number of hydrogen-bond donors (Lipinski definition) is 2. The summed E-state index contributed by atoms with van der Waals surface area (Å²) in [6.45, 7) is 0.625. The summed E-state index contributed by atoms with van der Waals surface area (Å²) in [6.07, 6.45) is -3.59. The number of alkyl halides is 3. The molecule has 0 aliphatic carbocycles. The molecule has 0 aliphatic rings. The molecule has 2 aromatic carbocycles. The van der Waals surface area contributed by atoms with Crippen molar-refractivity contribution in [2.45, 2.75) is 19.5 Å². The SMILES string of the molecule is CCc1ccc(C(=O)Nc2ccc(C(=O)NCC(F)(F)F)cc2)cc1. The molecule has 2 rings (SSSR count). The number of carbonyl (C=O) groups excluding carboxylic acids is 2. The van der Waals surface area contributed by atoms with E-state index in [-0.39, 0.29) is 11.5 Å². The Hall–Kier alpha value is -2.83. The molecule has 0 saturated carbocycles. The number of rotatable bonds is 5. The topological polar surface area (TPSA) is 58.2 Å². The Labute approximate surface area is 143 Å². The molecule has 0 atom stereocenters. The van der Waals surface area contributed by atoms with Gasteiger partial charge in [-0.3, -0.25) is 9.59 Å². The van der Waals surface area contributed by atoms with E-state index in [0.29, 0.717) is 11.3 Å². The number of hydrogen-bond acceptors (Lipinski definition) is 2. The fourth-order valence-electron chi connectivity index (χ4n) is 2.08. The molecule has 0 radical (unpaired) electrons. The van der Waals surface area contributed by atoms with E-state index in [4.69, 9.17) is 0 Å². The molecule has 4 nitrogen and oxygen atoms in total. The molecule has 0 aliphatic heterocycles. The van der Waals surface area contributed by atoms with E-state index in [9.17, 15) is 22.8 Å². The highest BCUT2D eigenvalue weighted by molar-refractivity contribution is 6.04. The minimum Gasteiger partial charge on any atom is -0.343 e. The Morgan fingerprint density at radius 1 is 0.880 bits per heavy atom. The molecular weight excluding hydrogens is 333 g/mol. The second-order valence-corrected chi connectivity index (χ2v) is 5.38. The first-order valence-electron chi connectivity index (χ1n) is 7.64. The van der Waals surface area contributed by atoms with Crippen LogP contribution in [-0.4, -0.2) is 24.5 Å². The molecule has 132 valence electrons. The van der Waals surface area contributed by atoms with Crippen LogP contribution < -0.4 is 10.6 Å². The van der Waals surface area contributed by atoms with Crippen LogP contribution in [0.1, 0.15) is 33.2 Å². The smallest absolute Gasteiger partial charge is 0.343 e. The molecule has 0 bridgehead atoms. The number of aryl methyl sites for hydroxylation is 1. The van der Waals surface area contributed by atoms with Crippen LogP contribution in [0, 0.1) is 0 Å². The molecule has 7 heteroatoms. The molecule has 0 aromatic heterocycles. The van der Waals surface area contributed by atoms with Crippen LogP contribution in [0.5, 0.6) is 0 Å². The normalized spacial score (nSPS) is 11.0. The fourth-order valence-corrected chi connectivity index (χ4v) is 2.08. The Bertz CT molecular complexity index is 738. The summed E-state index contributed by atoms with van der Waals surface area (Å²) >= 11 is 0. The summed E-state index contributed by atoms with van der Waals surface area (Å²) in [6, 6.07) is 12.8. The van der Waals surface area contributed by atoms with Crippen LogP contribution in [-0.2, 0) is 6.42 Å². The van der Waals surface area contributed by atoms with Crippen LogP contribution in [0.2, 0.25) is 0 Å². The molecule has 2 N–H and O–H groups in total. The van der Waals surface area contributed by atoms with Crippen molar-refractivity contribution in [2.75, 3.05) is 11.9 Å². The summed E-state index contributed by atoms with van der Waals surface area (Å²) in [5.41, 5.74) is 2.13. The van der Waals surface area contributed by atoms with Crippen molar-refractivity contribution in [1.82, 2.24) is 5.32 Å². The Balaban J connectivity index is 1.97. The number of benzene rings is 2. The van der Waals surface area contributed by atoms with Gasteiger partial charge in [0, 0.05) is 16.8 Å². The number of nitrogens with one attached hydrogen (secondary N) is 2. The van der Waals surface area contributed by atoms with Gasteiger partial charge in [0.15, 0.2) is 0 Å². The maximum Gasteiger partial charge on any atom is 0.405 e. The van der Waals surface area contributed by atoms with Gasteiger partial charge < -0.3 is 10.6 Å². The van der Waals surface area contributed by atoms with Gasteiger partial charge in [-0.1, -0.05) is 19.1 Å². The number of amides is 2. The van der Waals surface area contributed by atoms with Gasteiger partial charge in [-0.2, -0.15) is 13.2 Å². The van der Waals surface area contributed by atoms with Crippen LogP contribution in [0.15, 0.2) is 48.5 Å². The van der Waals surface area contributed by atoms with Crippen molar-refractivity contribution in [2.24, 2.45) is 0 Å². The third-order valence-corrected chi connectivity index (χ3v) is 3.48. The van der Waals surface area contributed by atoms with Gasteiger partial charge in [-0.25, -0.2) is 0 Å². The standard InChI is InChI=1S/C18H17F3N2O2/c1-2-12-3-5-14(6-4-12)17(25)23-15-9-7-13(8-10-15)16(24)22-11-18(19,20)21/h3-10H,2,11H2,1H3,(H,22,24)(H,23,25). The minimum atomic E-state index is -4.46. The molecule has 0 spiro atoms. The molecular formula is C18H17F3N2O2. The summed E-state index contributed by atoms with van der Waals surface area (Å²) in [5.74, 6) is -1.14. The molecule has 0 heterocycles. The molecule has 0 unspecified atom stereocenters. The van der Waals surface area contributed by atoms with E-state index in [1.165, 1.54) is 24.3 Å². The zero-order chi connectivity index (χ0) is 18.4. The van der Waals surface area contributed by atoms with Crippen LogP contribution >= 0.6 is 0 Å². The molecule has 0 fully saturated rings. The van der Waals surface area contributed by atoms with Gasteiger partial charge in [0.05, 0.1) is 0 Å². The predicted octanol–water partition coefficient (Wildman–Crippen LogP) is 3.79. The number of carbonyl (C=O) groups is 2. The lowest BCUT2D eigenvalue weighted by Gasteiger charge is -2.09. The molecule has 2 aromatic rings. The van der Waals surface area contributed by atoms with Gasteiger partial charge in [0.2, 0.25) is 0 Å². The molecule has 0 saturated heterocycles. The highest BCUT2D eigenvalue weighted by Crippen LogP contribution is 2.14. The van der Waals surface area contributed by atoms with Crippen molar-refractivity contribution >= 4 is 17.5 Å². The first kappa shape index (κ1) is 18.5. The first-order valence-corrected chi connectivity index (χ1v) is 7.64. The third kappa shape index (κ3) is 5.63. The van der Waals surface area contributed by atoms with Crippen molar-refractivity contribution in [3.63, 3.8) is 0 Å². The molecule has 2 amide bonds. The van der Waals surface area contributed by atoms with Gasteiger partial charge in [0.25, 0.3) is 11.8 Å². The average Bonchev–Trinajstić information content (AvgIpc) is 2.59. The average molecular weight is 350 g/mol. The Kier molecular flexibility index (Phi) is 5.80. The fraction of sp³-hybridized carbons (Fsp3) is 0.222. The highest BCUT2D eigenvalue weighted by Gasteiger charge is 2.27. The third-order valence-electron chi connectivity index (χ3n) is 3.48. The first-order chi connectivity index (χ1) is 11.8. The van der Waals surface area contributed by atoms with Crippen molar-refractivity contribution in [1.29, 1.82) is 0 Å². The summed E-state index contributed by atoms with van der Waals surface area (Å²) < 4.78 is 36.3. The van der Waals surface area contributed by atoms with Gasteiger partial charge >= 0.3 is 6.18 Å². The van der Waals surface area contributed by atoms with Crippen molar-refractivity contribution in [3.8, 4) is 0 Å². The zero-order valence-corrected chi connectivity index (χ0v) is 13.5. The Morgan fingerprint density at radius 3 is 1.92 bits per heavy atom. The number of anilines is 1. The van der Waals surface area contributed by atoms with Gasteiger partial charge in [-0.05, 0) is 48.4 Å². The maximum atomic E-state index is 12.1. The maximum absolute atomic E-state index is 12.1. The van der Waals surface area contributed by atoms with Gasteiger partial charge in [0.1, 0.15) is 6.54 Å². The largest absolute Gasteiger partial charge is 0.405 e. The minimum absolute atomic E-state index is 0.0783. The van der Waals surface area contributed by atoms with Crippen LogP contribution in [0.3, 0.4) is 0 Å². The summed E-state index contributed by atoms with van der Waals surface area (Å²) in [4.78, 5) is 23.7. The predicted molar refractivity (Wildman–Crippen MR) is 88.6 cm³/mol. The summed E-state index contributed by atoms with van der Waals surface area (Å²) in [7, 11) is 0. The van der Waals surface area contributed by atoms with E-state index >= 15 is 0 Å². The quantitative estimate of drug-likeness (QED) is 0.862. The van der Waals surface area contributed by atoms with Crippen LogP contribution in [0.25, 0.3) is 0 Å². The molecule has 25 heavy (non-hydrogen) atoms. The lowest BCUT2D eigenvalue weighted by atomic mass is 10.1. The summed E-state index contributed by atoms with van der Waals surface area (Å²) in [5, 5.41) is 4.45. The van der Waals surface area contributed by atoms with Crippen LogP contribution in [0.4, 0.5) is 18.9 Å². The zero-order valence-electron chi connectivity index (χ0n) is 13.5. The van der Waals surface area contributed by atoms with Gasteiger partial charge in [-0.15, -0.1) is 0 Å². The lowest BCUT2D eigenvalue weighted by Crippen LogP contribution is -2.33. The van der Waals surface area contributed by atoms with E-state index < -0.39 is 18.6 Å². The van der Waals surface area contributed by atoms with Crippen molar-refractivity contribution < 1.29 is 22.8 Å². The lowest BCUT2D eigenvalue weighted by molar-refractivity contribution is -0.123. The van der Waals surface area contributed by atoms with Crippen molar-refractivity contribution in [3.05, 3.63) is 65.2 Å². The Morgan fingerprint density at radius 2 is 1.40 bits per heavy atom. The second-order valence-electron chi connectivity index (χ2n) is 5.38. The monoisotopic (exact) mass is 350 g/mol. The van der Waals surface area contributed by atoms with E-state index in [0.717, 1.165) is 12.0 Å². The highest BCUT2D eigenvalue weighted by atomic mass is 19.4.